The largest absolute Gasteiger partial charge is 0.376 e. The summed E-state index contributed by atoms with van der Waals surface area (Å²) in [6.07, 6.45) is 25.7. The zero-order valence-electron chi connectivity index (χ0n) is 33.0. The second-order valence-corrected chi connectivity index (χ2v) is 18.9. The van der Waals surface area contributed by atoms with Gasteiger partial charge in [-0.05, 0) is 72.6 Å². The summed E-state index contributed by atoms with van der Waals surface area (Å²) in [5.41, 5.74) is -1.03. The third-order valence-corrected chi connectivity index (χ3v) is 10.8. The van der Waals surface area contributed by atoms with E-state index in [1.807, 2.05) is 41.5 Å². The van der Waals surface area contributed by atoms with Crippen LogP contribution in [-0.2, 0) is 39.9 Å². The molecule has 1 aliphatic heterocycles. The maximum absolute atomic E-state index is 12.4. The minimum Gasteiger partial charge on any atom is -0.376 e. The van der Waals surface area contributed by atoms with Gasteiger partial charge >= 0.3 is 6.72 Å². The molecule has 1 saturated heterocycles. The molecule has 1 fully saturated rings. The Bertz CT molecular complexity index is 878. The highest BCUT2D eigenvalue weighted by molar-refractivity contribution is 8.07. The van der Waals surface area contributed by atoms with Gasteiger partial charge in [0, 0.05) is 20.1 Å². The molecule has 0 aromatic carbocycles. The first-order chi connectivity index (χ1) is 23.2. The normalized spacial score (nSPS) is 21.2. The fourth-order valence-corrected chi connectivity index (χ4v) is 8.69. The van der Waals surface area contributed by atoms with Crippen LogP contribution in [0.5, 0.6) is 0 Å². The van der Waals surface area contributed by atoms with E-state index < -0.39 is 30.6 Å². The van der Waals surface area contributed by atoms with Crippen molar-refractivity contribution in [2.24, 2.45) is 0 Å². The molecule has 0 radical (unpaired) electrons. The number of carbonyl (C=O) groups is 1. The molecule has 49 heavy (non-hydrogen) atoms. The molecule has 0 spiro atoms. The smallest absolute Gasteiger partial charge is 0.325 e. The number of ether oxygens (including phenoxy) is 3. The van der Waals surface area contributed by atoms with Crippen molar-refractivity contribution in [3.05, 3.63) is 0 Å². The van der Waals surface area contributed by atoms with E-state index in [0.717, 1.165) is 19.3 Å². The van der Waals surface area contributed by atoms with Crippen LogP contribution in [0.15, 0.2) is 0 Å². The Morgan fingerprint density at radius 2 is 1.18 bits per heavy atom. The van der Waals surface area contributed by atoms with Crippen molar-refractivity contribution < 1.29 is 32.9 Å². The van der Waals surface area contributed by atoms with Gasteiger partial charge in [-0.25, -0.2) is 0 Å². The summed E-state index contributed by atoms with van der Waals surface area (Å²) in [7, 11) is 1.61. The molecule has 0 saturated carbocycles. The number of nitrogens with one attached hydrogen (secondary N) is 1. The molecule has 2 N–H and O–H groups in total. The Morgan fingerprint density at radius 1 is 0.714 bits per heavy atom. The molecule has 0 bridgehead atoms. The highest BCUT2D eigenvalue weighted by Crippen LogP contribution is 2.51. The Balaban J connectivity index is 2.17. The first-order valence-electron chi connectivity index (χ1n) is 20.0. The van der Waals surface area contributed by atoms with Crippen LogP contribution in [-0.4, -0.2) is 66.7 Å². The highest BCUT2D eigenvalue weighted by Gasteiger charge is 2.48. The van der Waals surface area contributed by atoms with Crippen LogP contribution in [0, 0.1) is 0 Å². The quantitative estimate of drug-likeness (QED) is 0.0556. The van der Waals surface area contributed by atoms with Crippen LogP contribution >= 0.6 is 6.72 Å². The summed E-state index contributed by atoms with van der Waals surface area (Å²) >= 11 is 5.35. The molecule has 1 heterocycles. The highest BCUT2D eigenvalue weighted by atomic mass is 32.5. The van der Waals surface area contributed by atoms with E-state index in [0.29, 0.717) is 19.4 Å². The van der Waals surface area contributed by atoms with Crippen LogP contribution in [0.2, 0.25) is 0 Å². The zero-order chi connectivity index (χ0) is 36.6. The molecule has 0 aromatic rings. The average Bonchev–Trinajstić information content (AvgIpc) is 3.32. The minimum atomic E-state index is -3.56. The average molecular weight is 736 g/mol. The predicted molar refractivity (Wildman–Crippen MR) is 208 cm³/mol. The standard InChI is InChI=1S/C39H78NO7PS/c1-9-10-11-12-13-14-15-16-17-18-19-20-21-22-23-24-25-26-27-30-35(41)40-31-28-29-33-36(43-8)37(34(45-33)32-44-38(2,3)4)46-48(42,49)47-39(5,6)7/h33-34,36-37H,9-32H2,1-8H3,(H,40,41)(H,42,49)/t33-,34+,36-,37+,48?/m0/s1. The molecule has 1 rings (SSSR count). The monoisotopic (exact) mass is 736 g/mol. The summed E-state index contributed by atoms with van der Waals surface area (Å²) in [5.74, 6) is 0.112. The third kappa shape index (κ3) is 25.5. The topological polar surface area (TPSA) is 95.5 Å². The molecule has 8 nitrogen and oxygen atoms in total. The first-order valence-corrected chi connectivity index (χ1v) is 22.6. The Kier molecular flexibility index (Phi) is 25.5. The van der Waals surface area contributed by atoms with Crippen LogP contribution < -0.4 is 5.32 Å². The Labute approximate surface area is 307 Å². The molecule has 292 valence electrons. The van der Waals surface area contributed by atoms with E-state index in [4.69, 9.17) is 35.1 Å². The van der Waals surface area contributed by atoms with Crippen molar-refractivity contribution >= 4 is 24.4 Å². The van der Waals surface area contributed by atoms with Gasteiger partial charge in [0.05, 0.1) is 23.9 Å². The van der Waals surface area contributed by atoms with Crippen molar-refractivity contribution in [1.29, 1.82) is 0 Å². The van der Waals surface area contributed by atoms with Crippen molar-refractivity contribution in [1.82, 2.24) is 5.32 Å². The van der Waals surface area contributed by atoms with Gasteiger partial charge in [0.1, 0.15) is 18.3 Å². The lowest BCUT2D eigenvalue weighted by molar-refractivity contribution is -0.121. The lowest BCUT2D eigenvalue weighted by Gasteiger charge is -2.31. The van der Waals surface area contributed by atoms with Crippen molar-refractivity contribution in [2.45, 2.75) is 225 Å². The summed E-state index contributed by atoms with van der Waals surface area (Å²) < 4.78 is 29.9. The zero-order valence-corrected chi connectivity index (χ0v) is 34.7. The van der Waals surface area contributed by atoms with Gasteiger partial charge < -0.3 is 28.9 Å². The number of hydrogen-bond donors (Lipinski definition) is 2. The molecule has 0 aromatic heterocycles. The van der Waals surface area contributed by atoms with Crippen molar-refractivity contribution in [3.63, 3.8) is 0 Å². The summed E-state index contributed by atoms with van der Waals surface area (Å²) in [6.45, 7) is 11.0. The van der Waals surface area contributed by atoms with E-state index in [1.165, 1.54) is 109 Å². The van der Waals surface area contributed by atoms with E-state index in [9.17, 15) is 9.69 Å². The molecule has 0 aliphatic carbocycles. The van der Waals surface area contributed by atoms with E-state index >= 15 is 0 Å². The Hall–Kier alpha value is -0.120. The van der Waals surface area contributed by atoms with Gasteiger partial charge in [0.25, 0.3) is 0 Å². The van der Waals surface area contributed by atoms with Crippen molar-refractivity contribution in [3.8, 4) is 0 Å². The fourth-order valence-electron chi connectivity index (χ4n) is 6.42. The lowest BCUT2D eigenvalue weighted by atomic mass is 10.0. The third-order valence-electron chi connectivity index (χ3n) is 9.00. The summed E-state index contributed by atoms with van der Waals surface area (Å²) in [5, 5.41) is 3.07. The second-order valence-electron chi connectivity index (χ2n) is 16.2. The SMILES string of the molecule is CCCCCCCCCCCCCCCCCCCCCC(=O)NCCC[C@@H]1O[C@H](COC(C)(C)C)[C@@H](OP(O)(=S)OC(C)(C)C)[C@H]1OC. The van der Waals surface area contributed by atoms with Crippen LogP contribution in [0.1, 0.15) is 190 Å². The minimum absolute atomic E-state index is 0.112. The van der Waals surface area contributed by atoms with Gasteiger partial charge in [-0.1, -0.05) is 122 Å². The van der Waals surface area contributed by atoms with E-state index in [2.05, 4.69) is 12.2 Å². The van der Waals surface area contributed by atoms with Crippen LogP contribution in [0.3, 0.4) is 0 Å². The Morgan fingerprint density at radius 3 is 1.61 bits per heavy atom. The van der Waals surface area contributed by atoms with E-state index in [-0.39, 0.29) is 24.2 Å². The lowest BCUT2D eigenvalue weighted by Crippen LogP contribution is -2.39. The van der Waals surface area contributed by atoms with Gasteiger partial charge in [0.2, 0.25) is 5.91 Å². The molecule has 5 atom stereocenters. The number of hydrogen-bond acceptors (Lipinski definition) is 7. The van der Waals surface area contributed by atoms with E-state index in [1.54, 1.807) is 7.11 Å². The molecular formula is C39H78NO7PS. The van der Waals surface area contributed by atoms with Gasteiger partial charge in [-0.2, -0.15) is 0 Å². The molecular weight excluding hydrogens is 657 g/mol. The number of carbonyl (C=O) groups excluding carboxylic acids is 1. The van der Waals surface area contributed by atoms with Gasteiger partial charge in [-0.15, -0.1) is 0 Å². The maximum Gasteiger partial charge on any atom is 0.325 e. The maximum atomic E-state index is 12.4. The van der Waals surface area contributed by atoms with Gasteiger partial charge in [-0.3, -0.25) is 9.32 Å². The molecule has 1 amide bonds. The van der Waals surface area contributed by atoms with Gasteiger partial charge in [0.15, 0.2) is 0 Å². The number of rotatable bonds is 30. The summed E-state index contributed by atoms with van der Waals surface area (Å²) in [4.78, 5) is 23.3. The van der Waals surface area contributed by atoms with Crippen LogP contribution in [0.4, 0.5) is 0 Å². The molecule has 1 aliphatic rings. The molecule has 1 unspecified atom stereocenters. The fraction of sp³-hybridized carbons (Fsp3) is 0.974. The summed E-state index contributed by atoms with van der Waals surface area (Å²) in [6, 6.07) is 0. The number of amides is 1. The number of methoxy groups -OCH3 is 1. The second kappa shape index (κ2) is 26.6. The number of unbranched alkanes of at least 4 members (excludes halogenated alkanes) is 18. The van der Waals surface area contributed by atoms with Crippen LogP contribution in [0.25, 0.3) is 0 Å². The van der Waals surface area contributed by atoms with Crippen molar-refractivity contribution in [2.75, 3.05) is 20.3 Å². The predicted octanol–water partition coefficient (Wildman–Crippen LogP) is 10.7. The first kappa shape index (κ1) is 46.9. The molecule has 10 heteroatoms.